The van der Waals surface area contributed by atoms with Gasteiger partial charge >= 0.3 is 0 Å². The lowest BCUT2D eigenvalue weighted by molar-refractivity contribution is -0.282. The van der Waals surface area contributed by atoms with E-state index >= 15 is 0 Å². The van der Waals surface area contributed by atoms with E-state index in [2.05, 4.69) is 36.4 Å². The molecule has 5 heteroatoms. The normalized spacial score (nSPS) is 22.5. The fourth-order valence-corrected chi connectivity index (χ4v) is 4.14. The molecule has 0 aliphatic carbocycles. The Hall–Kier alpha value is -2.54. The van der Waals surface area contributed by atoms with Gasteiger partial charge in [-0.1, -0.05) is 91.0 Å². The average molecular weight is 463 g/mol. The third-order valence-electron chi connectivity index (χ3n) is 5.98. The summed E-state index contributed by atoms with van der Waals surface area (Å²) in [6, 6.07) is 30.5. The Labute approximate surface area is 202 Å². The fraction of sp³-hybridized carbons (Fsp3) is 0.379. The van der Waals surface area contributed by atoms with Crippen LogP contribution in [0.5, 0.6) is 0 Å². The van der Waals surface area contributed by atoms with Crippen molar-refractivity contribution in [2.45, 2.75) is 57.3 Å². The first-order valence-corrected chi connectivity index (χ1v) is 11.9. The maximum atomic E-state index is 6.38. The Morgan fingerprint density at radius 1 is 0.706 bits per heavy atom. The predicted molar refractivity (Wildman–Crippen MR) is 131 cm³/mol. The van der Waals surface area contributed by atoms with Crippen molar-refractivity contribution in [1.82, 2.24) is 0 Å². The van der Waals surface area contributed by atoms with Crippen molar-refractivity contribution >= 4 is 0 Å². The van der Waals surface area contributed by atoms with Gasteiger partial charge in [0.1, 0.15) is 6.10 Å². The van der Waals surface area contributed by atoms with Crippen LogP contribution >= 0.6 is 0 Å². The molecule has 1 heterocycles. The first-order chi connectivity index (χ1) is 16.8. The molecule has 4 atom stereocenters. The van der Waals surface area contributed by atoms with E-state index in [9.17, 15) is 0 Å². The van der Waals surface area contributed by atoms with Gasteiger partial charge in [-0.3, -0.25) is 0 Å². The highest BCUT2D eigenvalue weighted by Gasteiger charge is 2.40. The van der Waals surface area contributed by atoms with Crippen molar-refractivity contribution in [2.75, 3.05) is 13.7 Å². The molecule has 0 radical (unpaired) electrons. The van der Waals surface area contributed by atoms with Crippen molar-refractivity contribution in [2.24, 2.45) is 0 Å². The zero-order chi connectivity index (χ0) is 23.4. The van der Waals surface area contributed by atoms with Crippen LogP contribution in [0.2, 0.25) is 0 Å². The van der Waals surface area contributed by atoms with E-state index in [0.29, 0.717) is 26.4 Å². The Morgan fingerprint density at radius 3 is 1.79 bits per heavy atom. The summed E-state index contributed by atoms with van der Waals surface area (Å²) in [6.45, 7) is 2.20. The molecular weight excluding hydrogens is 428 g/mol. The molecule has 4 rings (SSSR count). The van der Waals surface area contributed by atoms with Crippen molar-refractivity contribution in [3.05, 3.63) is 108 Å². The van der Waals surface area contributed by atoms with E-state index in [0.717, 1.165) is 24.0 Å². The summed E-state index contributed by atoms with van der Waals surface area (Å²) in [5, 5.41) is 0. The molecule has 1 aliphatic heterocycles. The van der Waals surface area contributed by atoms with E-state index in [-0.39, 0.29) is 18.3 Å². The first-order valence-electron chi connectivity index (χ1n) is 11.9. The Morgan fingerprint density at radius 2 is 1.24 bits per heavy atom. The second-order valence-electron chi connectivity index (χ2n) is 8.52. The summed E-state index contributed by atoms with van der Waals surface area (Å²) in [5.41, 5.74) is 3.41. The molecule has 1 fully saturated rings. The Bertz CT molecular complexity index is 935. The van der Waals surface area contributed by atoms with Crippen molar-refractivity contribution in [3.63, 3.8) is 0 Å². The highest BCUT2D eigenvalue weighted by Crippen LogP contribution is 2.29. The van der Waals surface area contributed by atoms with Gasteiger partial charge in [0.15, 0.2) is 6.29 Å². The lowest BCUT2D eigenvalue weighted by Gasteiger charge is -2.40. The highest BCUT2D eigenvalue weighted by atomic mass is 16.7. The molecule has 0 unspecified atom stereocenters. The van der Waals surface area contributed by atoms with Crippen LogP contribution in [0.4, 0.5) is 0 Å². The first kappa shape index (κ1) is 24.6. The fourth-order valence-electron chi connectivity index (χ4n) is 4.14. The van der Waals surface area contributed by atoms with Gasteiger partial charge in [0.25, 0.3) is 0 Å². The molecular formula is C29H34O5. The molecule has 34 heavy (non-hydrogen) atoms. The number of hydrogen-bond acceptors (Lipinski definition) is 5. The van der Waals surface area contributed by atoms with Gasteiger partial charge in [-0.05, 0) is 23.1 Å². The van der Waals surface area contributed by atoms with E-state index in [4.69, 9.17) is 23.7 Å². The summed E-state index contributed by atoms with van der Waals surface area (Å²) < 4.78 is 30.6. The second-order valence-corrected chi connectivity index (χ2v) is 8.52. The molecule has 0 spiro atoms. The zero-order valence-electron chi connectivity index (χ0n) is 19.8. The van der Waals surface area contributed by atoms with Crippen molar-refractivity contribution in [3.8, 4) is 0 Å². The lowest BCUT2D eigenvalue weighted by Crippen LogP contribution is -2.51. The van der Waals surface area contributed by atoms with Crippen molar-refractivity contribution in [1.29, 1.82) is 0 Å². The van der Waals surface area contributed by atoms with Crippen LogP contribution in [0.1, 0.15) is 29.5 Å². The van der Waals surface area contributed by atoms with Crippen LogP contribution in [0.15, 0.2) is 91.0 Å². The highest BCUT2D eigenvalue weighted by molar-refractivity contribution is 5.15. The zero-order valence-corrected chi connectivity index (χ0v) is 19.8. The second kappa shape index (κ2) is 13.4. The molecule has 1 aliphatic rings. The van der Waals surface area contributed by atoms with Crippen LogP contribution in [-0.2, 0) is 43.5 Å². The maximum Gasteiger partial charge on any atom is 0.186 e. The minimum Gasteiger partial charge on any atom is -0.377 e. The molecule has 180 valence electrons. The van der Waals surface area contributed by atoms with Gasteiger partial charge in [0.05, 0.1) is 32.0 Å². The molecule has 1 saturated heterocycles. The minimum absolute atomic E-state index is 0.0296. The number of rotatable bonds is 12. The van der Waals surface area contributed by atoms with Gasteiger partial charge in [-0.25, -0.2) is 0 Å². The topological polar surface area (TPSA) is 46.2 Å². The Kier molecular flexibility index (Phi) is 9.67. The predicted octanol–water partition coefficient (Wildman–Crippen LogP) is 5.53. The maximum absolute atomic E-state index is 6.38. The third-order valence-corrected chi connectivity index (χ3v) is 5.98. The van der Waals surface area contributed by atoms with Gasteiger partial charge < -0.3 is 23.7 Å². The standard InChI is InChI=1S/C29H34O5/c1-30-29-28(33-22-25-15-9-4-10-16-25)27(32-21-24-13-7-3-8-14-24)19-26(34-29)17-18-31-20-23-11-5-2-6-12-23/h2-16,26-29H,17-22H2,1H3/t26-,27+,28-,29+/m1/s1. The molecule has 3 aromatic rings. The van der Waals surface area contributed by atoms with Gasteiger partial charge in [0.2, 0.25) is 0 Å². The van der Waals surface area contributed by atoms with Crippen LogP contribution in [0, 0.1) is 0 Å². The summed E-state index contributed by atoms with van der Waals surface area (Å²) >= 11 is 0. The van der Waals surface area contributed by atoms with Crippen LogP contribution < -0.4 is 0 Å². The summed E-state index contributed by atoms with van der Waals surface area (Å²) in [5.74, 6) is 0. The van der Waals surface area contributed by atoms with Crippen molar-refractivity contribution < 1.29 is 23.7 Å². The van der Waals surface area contributed by atoms with Gasteiger partial charge in [0, 0.05) is 20.1 Å². The quantitative estimate of drug-likeness (QED) is 0.332. The Balaban J connectivity index is 1.35. The van der Waals surface area contributed by atoms with E-state index < -0.39 is 6.29 Å². The summed E-state index contributed by atoms with van der Waals surface area (Å²) in [4.78, 5) is 0. The van der Waals surface area contributed by atoms with Crippen LogP contribution in [0.3, 0.4) is 0 Å². The van der Waals surface area contributed by atoms with E-state index in [1.807, 2.05) is 54.6 Å². The molecule has 0 aromatic heterocycles. The number of ether oxygens (including phenoxy) is 5. The van der Waals surface area contributed by atoms with Crippen LogP contribution in [-0.4, -0.2) is 38.3 Å². The summed E-state index contributed by atoms with van der Waals surface area (Å²) in [6.07, 6.45) is 0.483. The summed E-state index contributed by atoms with van der Waals surface area (Å²) in [7, 11) is 1.66. The van der Waals surface area contributed by atoms with Gasteiger partial charge in [-0.15, -0.1) is 0 Å². The molecule has 5 nitrogen and oxygen atoms in total. The third kappa shape index (κ3) is 7.49. The molecule has 0 amide bonds. The van der Waals surface area contributed by atoms with Crippen LogP contribution in [0.25, 0.3) is 0 Å². The minimum atomic E-state index is -0.502. The molecule has 0 N–H and O–H groups in total. The van der Waals surface area contributed by atoms with Gasteiger partial charge in [-0.2, -0.15) is 0 Å². The number of hydrogen-bond donors (Lipinski definition) is 0. The average Bonchev–Trinajstić information content (AvgIpc) is 2.90. The smallest absolute Gasteiger partial charge is 0.186 e. The largest absolute Gasteiger partial charge is 0.377 e. The monoisotopic (exact) mass is 462 g/mol. The molecule has 0 bridgehead atoms. The molecule has 0 saturated carbocycles. The molecule has 3 aromatic carbocycles. The number of benzene rings is 3. The van der Waals surface area contributed by atoms with E-state index in [1.54, 1.807) is 7.11 Å². The SMILES string of the molecule is CO[C@H]1O[C@H](CCOCc2ccccc2)C[C@H](OCc2ccccc2)[C@H]1OCc1ccccc1. The number of methoxy groups -OCH3 is 1. The van der Waals surface area contributed by atoms with E-state index in [1.165, 1.54) is 5.56 Å². The lowest BCUT2D eigenvalue weighted by atomic mass is 9.99.